The van der Waals surface area contributed by atoms with Gasteiger partial charge in [0, 0.05) is 25.4 Å². The lowest BCUT2D eigenvalue weighted by molar-refractivity contribution is -0.150. The second-order valence-electron chi connectivity index (χ2n) is 9.72. The van der Waals surface area contributed by atoms with Gasteiger partial charge in [-0.3, -0.25) is 24.1 Å². The zero-order valence-electron chi connectivity index (χ0n) is 24.9. The van der Waals surface area contributed by atoms with Crippen LogP contribution >= 0.6 is 34.9 Å². The number of aromatic nitrogens is 3. The first-order valence-corrected chi connectivity index (χ1v) is 16.3. The van der Waals surface area contributed by atoms with Crippen molar-refractivity contribution in [2.75, 3.05) is 17.2 Å². The molecule has 250 valence electrons. The lowest BCUT2D eigenvalue weighted by Crippen LogP contribution is -2.70. The SMILES string of the molecule is CC(=O)Oc1ccc(C(=O)ON=CC(=O)N[C@@H]2C(=O)N3C(C(=O)O)=C(CSc4nnc(C)s4)CS[C@@H]23)c(-c2coc(N)n2)c1OC(C)=O. The molecule has 2 atom stereocenters. The number of benzene rings is 1. The Balaban J connectivity index is 1.27. The predicted molar refractivity (Wildman–Crippen MR) is 168 cm³/mol. The first-order valence-electron chi connectivity index (χ1n) is 13.5. The van der Waals surface area contributed by atoms with Gasteiger partial charge >= 0.3 is 23.9 Å². The number of nitrogens with one attached hydrogen (secondary N) is 1. The molecule has 4 heterocycles. The number of amides is 2. The molecular weight excluding hydrogens is 695 g/mol. The number of anilines is 1. The molecule has 2 aliphatic heterocycles. The van der Waals surface area contributed by atoms with E-state index < -0.39 is 47.1 Å². The maximum absolute atomic E-state index is 13.1. The van der Waals surface area contributed by atoms with Crippen molar-refractivity contribution in [3.63, 3.8) is 0 Å². The molecule has 0 radical (unpaired) electrons. The third kappa shape index (κ3) is 7.31. The summed E-state index contributed by atoms with van der Waals surface area (Å²) in [6.07, 6.45) is 1.66. The highest BCUT2D eigenvalue weighted by atomic mass is 32.2. The van der Waals surface area contributed by atoms with Crippen LogP contribution in [-0.4, -0.2) is 90.0 Å². The average molecular weight is 718 g/mol. The Hall–Kier alpha value is -5.28. The van der Waals surface area contributed by atoms with Crippen LogP contribution in [0.4, 0.5) is 6.01 Å². The number of nitrogen functional groups attached to an aromatic ring is 1. The van der Waals surface area contributed by atoms with E-state index in [2.05, 4.69) is 25.7 Å². The van der Waals surface area contributed by atoms with E-state index in [1.807, 2.05) is 0 Å². The summed E-state index contributed by atoms with van der Waals surface area (Å²) in [7, 11) is 0. The molecule has 2 amide bonds. The van der Waals surface area contributed by atoms with Crippen LogP contribution in [0.5, 0.6) is 11.5 Å². The number of carboxylic acid groups (broad SMARTS) is 1. The standard InChI is InChI=1S/C27H23N7O11S3/c1-10-32-33-27(48-10)47-9-13-8-46-23-19(22(38)34(23)20(13)24(39)40)31-17(37)6-29-45-25(41)14-4-5-16(43-11(2)35)21(44-12(3)36)18(14)15-7-42-26(28)30-15/h4-7,19,23H,8-9H2,1-3H3,(H2,28,30)(H,31,37)(H,39,40)/t19-,23+/m1/s1. The van der Waals surface area contributed by atoms with E-state index in [0.29, 0.717) is 21.9 Å². The number of oxime groups is 1. The summed E-state index contributed by atoms with van der Waals surface area (Å²) >= 11 is 3.96. The Bertz CT molecular complexity index is 1900. The van der Waals surface area contributed by atoms with Crippen molar-refractivity contribution >= 4 is 82.8 Å². The minimum Gasteiger partial charge on any atom is -0.477 e. The Morgan fingerprint density at radius 3 is 2.58 bits per heavy atom. The molecule has 1 fully saturated rings. The molecule has 18 nitrogen and oxygen atoms in total. The van der Waals surface area contributed by atoms with Gasteiger partial charge in [-0.1, -0.05) is 28.3 Å². The Morgan fingerprint density at radius 1 is 1.21 bits per heavy atom. The van der Waals surface area contributed by atoms with Crippen molar-refractivity contribution < 1.29 is 52.6 Å². The number of hydrogen-bond donors (Lipinski definition) is 3. The van der Waals surface area contributed by atoms with Crippen molar-refractivity contribution in [3.05, 3.63) is 40.2 Å². The summed E-state index contributed by atoms with van der Waals surface area (Å²) < 4.78 is 16.0. The Morgan fingerprint density at radius 2 is 1.96 bits per heavy atom. The number of esters is 2. The summed E-state index contributed by atoms with van der Waals surface area (Å²) in [5.41, 5.74) is 5.38. The average Bonchev–Trinajstić information content (AvgIpc) is 3.65. The van der Waals surface area contributed by atoms with Gasteiger partial charge in [0.05, 0.1) is 11.1 Å². The number of rotatable bonds is 11. The fourth-order valence-corrected chi connectivity index (χ4v) is 7.81. The van der Waals surface area contributed by atoms with Gasteiger partial charge in [-0.25, -0.2) is 9.59 Å². The number of carboxylic acids is 1. The second kappa shape index (κ2) is 14.2. The quantitative estimate of drug-likeness (QED) is 0.0484. The topological polar surface area (TPSA) is 256 Å². The number of nitrogens with zero attached hydrogens (tertiary/aromatic N) is 5. The number of carbonyl (C=O) groups excluding carboxylic acids is 5. The highest BCUT2D eigenvalue weighted by molar-refractivity contribution is 8.01. The van der Waals surface area contributed by atoms with Gasteiger partial charge in [0.1, 0.15) is 40.3 Å². The van der Waals surface area contributed by atoms with Crippen LogP contribution in [-0.2, 0) is 28.8 Å². The summed E-state index contributed by atoms with van der Waals surface area (Å²) in [4.78, 5) is 84.2. The first-order chi connectivity index (χ1) is 22.8. The lowest BCUT2D eigenvalue weighted by atomic mass is 10.0. The van der Waals surface area contributed by atoms with Crippen LogP contribution in [0.1, 0.15) is 29.2 Å². The van der Waals surface area contributed by atoms with E-state index in [9.17, 15) is 33.9 Å². The minimum atomic E-state index is -1.28. The van der Waals surface area contributed by atoms with Crippen LogP contribution in [0, 0.1) is 6.92 Å². The van der Waals surface area contributed by atoms with Crippen molar-refractivity contribution in [1.82, 2.24) is 25.4 Å². The molecule has 5 rings (SSSR count). The zero-order valence-corrected chi connectivity index (χ0v) is 27.4. The molecular formula is C27H23N7O11S3. The smallest absolute Gasteiger partial charge is 0.366 e. The number of aliphatic carboxylic acids is 1. The van der Waals surface area contributed by atoms with Crippen LogP contribution < -0.4 is 20.5 Å². The number of β-lactam (4-membered cyclic amide) rings is 1. The molecule has 0 aliphatic carbocycles. The highest BCUT2D eigenvalue weighted by Gasteiger charge is 2.54. The zero-order chi connectivity index (χ0) is 34.7. The van der Waals surface area contributed by atoms with Gasteiger partial charge < -0.3 is 34.9 Å². The molecule has 2 aliphatic rings. The van der Waals surface area contributed by atoms with Gasteiger partial charge in [0.25, 0.3) is 17.8 Å². The number of nitrogens with two attached hydrogens (primary N) is 1. The molecule has 4 N–H and O–H groups in total. The summed E-state index contributed by atoms with van der Waals surface area (Å²) in [5, 5.41) is 23.7. The van der Waals surface area contributed by atoms with E-state index in [1.165, 1.54) is 40.9 Å². The number of ether oxygens (including phenoxy) is 2. The van der Waals surface area contributed by atoms with Gasteiger partial charge in [-0.15, -0.1) is 22.0 Å². The van der Waals surface area contributed by atoms with Gasteiger partial charge in [0.2, 0.25) is 0 Å². The fourth-order valence-electron chi connectivity index (χ4n) is 4.51. The Labute approximate surface area is 282 Å². The molecule has 1 aromatic carbocycles. The minimum absolute atomic E-state index is 0.0868. The van der Waals surface area contributed by atoms with E-state index >= 15 is 0 Å². The number of thioether (sulfide) groups is 2. The first kappa shape index (κ1) is 34.1. The van der Waals surface area contributed by atoms with Crippen LogP contribution in [0.2, 0.25) is 0 Å². The third-order valence-electron chi connectivity index (χ3n) is 6.35. The van der Waals surface area contributed by atoms with E-state index in [1.54, 1.807) is 6.92 Å². The van der Waals surface area contributed by atoms with Crippen LogP contribution in [0.15, 0.2) is 43.6 Å². The lowest BCUT2D eigenvalue weighted by Gasteiger charge is -2.49. The number of carbonyl (C=O) groups is 6. The maximum Gasteiger partial charge on any atom is 0.366 e. The summed E-state index contributed by atoms with van der Waals surface area (Å²) in [6, 6.07) is 0.968. The van der Waals surface area contributed by atoms with Crippen LogP contribution in [0.25, 0.3) is 11.3 Å². The van der Waals surface area contributed by atoms with Gasteiger partial charge in [-0.2, -0.15) is 4.98 Å². The number of aryl methyl sites for hydroxylation is 1. The molecule has 3 aromatic rings. The van der Waals surface area contributed by atoms with E-state index in [-0.39, 0.29) is 45.8 Å². The highest BCUT2D eigenvalue weighted by Crippen LogP contribution is 2.43. The normalized spacial score (nSPS) is 17.1. The molecule has 48 heavy (non-hydrogen) atoms. The number of oxazole rings is 1. The van der Waals surface area contributed by atoms with Crippen molar-refractivity contribution in [1.29, 1.82) is 0 Å². The number of fused-ring (bicyclic) bond motifs is 1. The third-order valence-corrected chi connectivity index (χ3v) is 9.75. The molecule has 0 saturated carbocycles. The molecule has 0 bridgehead atoms. The Kier molecular flexibility index (Phi) is 10.1. The molecule has 0 spiro atoms. The molecule has 21 heteroatoms. The van der Waals surface area contributed by atoms with Gasteiger partial charge in [0.15, 0.2) is 15.8 Å². The maximum atomic E-state index is 13.1. The second-order valence-corrected chi connectivity index (χ2v) is 13.2. The van der Waals surface area contributed by atoms with Crippen molar-refractivity contribution in [3.8, 4) is 22.8 Å². The summed E-state index contributed by atoms with van der Waals surface area (Å²) in [6.45, 7) is 3.98. The largest absolute Gasteiger partial charge is 0.477 e. The van der Waals surface area contributed by atoms with E-state index in [0.717, 1.165) is 36.1 Å². The van der Waals surface area contributed by atoms with Crippen molar-refractivity contribution in [2.24, 2.45) is 5.16 Å². The summed E-state index contributed by atoms with van der Waals surface area (Å²) in [5.74, 6) is -5.58. The molecule has 0 unspecified atom stereocenters. The predicted octanol–water partition coefficient (Wildman–Crippen LogP) is 1.61. The van der Waals surface area contributed by atoms with E-state index in [4.69, 9.17) is 24.5 Å². The number of hydrogen-bond acceptors (Lipinski definition) is 18. The molecule has 1 saturated heterocycles. The van der Waals surface area contributed by atoms with Crippen LogP contribution in [0.3, 0.4) is 0 Å². The van der Waals surface area contributed by atoms with Gasteiger partial charge in [-0.05, 0) is 24.6 Å². The monoisotopic (exact) mass is 717 g/mol. The van der Waals surface area contributed by atoms with Crippen molar-refractivity contribution in [2.45, 2.75) is 36.5 Å². The fraction of sp³-hybridized carbons (Fsp3) is 0.259. The molecule has 2 aromatic heterocycles.